The van der Waals surface area contributed by atoms with E-state index in [4.69, 9.17) is 9.84 Å². The molecule has 0 saturated heterocycles. The van der Waals surface area contributed by atoms with Crippen molar-refractivity contribution in [2.75, 3.05) is 11.9 Å². The predicted molar refractivity (Wildman–Crippen MR) is 94.0 cm³/mol. The number of hydrogen-bond donors (Lipinski definition) is 2. The molecule has 0 aliphatic rings. The first-order valence-electron chi connectivity index (χ1n) is 8.23. The van der Waals surface area contributed by atoms with Crippen LogP contribution >= 0.6 is 0 Å². The van der Waals surface area contributed by atoms with Crippen molar-refractivity contribution in [2.24, 2.45) is 0 Å². The number of halogens is 2. The summed E-state index contributed by atoms with van der Waals surface area (Å²) in [5.41, 5.74) is 2.18. The zero-order chi connectivity index (χ0) is 18.9. The fourth-order valence-electron chi connectivity index (χ4n) is 2.48. The summed E-state index contributed by atoms with van der Waals surface area (Å²) in [5.74, 6) is -0.578. The maximum absolute atomic E-state index is 12.7. The van der Waals surface area contributed by atoms with E-state index in [2.05, 4.69) is 10.1 Å². The minimum Gasteiger partial charge on any atom is -0.490 e. The third kappa shape index (κ3) is 5.91. The number of rotatable bonds is 10. The number of aliphatic carboxylic acids is 1. The smallest absolute Gasteiger partial charge is 0.387 e. The third-order valence-corrected chi connectivity index (χ3v) is 3.60. The van der Waals surface area contributed by atoms with Crippen molar-refractivity contribution in [2.45, 2.75) is 32.9 Å². The maximum Gasteiger partial charge on any atom is 0.387 e. The van der Waals surface area contributed by atoms with Gasteiger partial charge in [0.25, 0.3) is 0 Å². The largest absolute Gasteiger partial charge is 0.490 e. The molecule has 7 heteroatoms. The first-order valence-corrected chi connectivity index (χ1v) is 8.23. The van der Waals surface area contributed by atoms with E-state index in [0.29, 0.717) is 18.6 Å². The third-order valence-electron chi connectivity index (χ3n) is 3.60. The van der Waals surface area contributed by atoms with E-state index < -0.39 is 12.6 Å². The fraction of sp³-hybridized carbons (Fsp3) is 0.316. The SMILES string of the molecule is CCOc1cccc(CNc2cccc(CCC(=O)O)c2)c1OC(F)F. The highest BCUT2D eigenvalue weighted by Crippen LogP contribution is 2.33. The number of hydrogen-bond acceptors (Lipinski definition) is 4. The Morgan fingerprint density at radius 3 is 2.69 bits per heavy atom. The molecule has 2 N–H and O–H groups in total. The summed E-state index contributed by atoms with van der Waals surface area (Å²) in [4.78, 5) is 10.7. The number of benzene rings is 2. The molecular formula is C19H21F2NO4. The summed E-state index contributed by atoms with van der Waals surface area (Å²) in [6, 6.07) is 12.3. The number of aryl methyl sites for hydroxylation is 1. The van der Waals surface area contributed by atoms with E-state index in [9.17, 15) is 13.6 Å². The molecule has 0 atom stereocenters. The molecule has 0 fully saturated rings. The Kier molecular flexibility index (Phi) is 7.20. The van der Waals surface area contributed by atoms with Crippen molar-refractivity contribution in [1.82, 2.24) is 0 Å². The number of ether oxygens (including phenoxy) is 2. The van der Waals surface area contributed by atoms with Gasteiger partial charge in [0.15, 0.2) is 11.5 Å². The van der Waals surface area contributed by atoms with E-state index in [1.165, 1.54) is 0 Å². The summed E-state index contributed by atoms with van der Waals surface area (Å²) in [6.45, 7) is -0.595. The zero-order valence-corrected chi connectivity index (χ0v) is 14.4. The number of nitrogens with one attached hydrogen (secondary N) is 1. The van der Waals surface area contributed by atoms with E-state index >= 15 is 0 Å². The van der Waals surface area contributed by atoms with Crippen LogP contribution in [-0.4, -0.2) is 24.3 Å². The fourth-order valence-corrected chi connectivity index (χ4v) is 2.48. The highest BCUT2D eigenvalue weighted by Gasteiger charge is 2.15. The molecule has 0 amide bonds. The predicted octanol–water partition coefficient (Wildman–Crippen LogP) is 4.32. The van der Waals surface area contributed by atoms with Gasteiger partial charge in [0.2, 0.25) is 0 Å². The number of carboxylic acids is 1. The Balaban J connectivity index is 2.12. The normalized spacial score (nSPS) is 10.6. The quantitative estimate of drug-likeness (QED) is 0.656. The van der Waals surface area contributed by atoms with Gasteiger partial charge in [0.1, 0.15) is 0 Å². The molecule has 2 aromatic rings. The van der Waals surface area contributed by atoms with Gasteiger partial charge in [-0.25, -0.2) is 0 Å². The summed E-state index contributed by atoms with van der Waals surface area (Å²) in [6.07, 6.45) is 0.469. The second-order valence-electron chi connectivity index (χ2n) is 5.50. The molecule has 5 nitrogen and oxygen atoms in total. The monoisotopic (exact) mass is 365 g/mol. The lowest BCUT2D eigenvalue weighted by Gasteiger charge is -2.16. The van der Waals surface area contributed by atoms with Gasteiger partial charge in [-0.15, -0.1) is 0 Å². The standard InChI is InChI=1S/C19H21F2NO4/c1-2-25-16-8-4-6-14(18(16)26-19(20)21)12-22-15-7-3-5-13(11-15)9-10-17(23)24/h3-8,11,19,22H,2,9-10,12H2,1H3,(H,23,24). The van der Waals surface area contributed by atoms with Crippen LogP contribution in [0.5, 0.6) is 11.5 Å². The summed E-state index contributed by atoms with van der Waals surface area (Å²) >= 11 is 0. The Labute approximate surface area is 150 Å². The Hall–Kier alpha value is -2.83. The second-order valence-corrected chi connectivity index (χ2v) is 5.50. The van der Waals surface area contributed by atoms with Crippen LogP contribution in [-0.2, 0) is 17.8 Å². The van der Waals surface area contributed by atoms with Gasteiger partial charge >= 0.3 is 12.6 Å². The number of para-hydroxylation sites is 1. The summed E-state index contributed by atoms with van der Waals surface area (Å²) < 4.78 is 35.5. The maximum atomic E-state index is 12.7. The summed E-state index contributed by atoms with van der Waals surface area (Å²) in [5, 5.41) is 11.9. The number of carbonyl (C=O) groups is 1. The number of carboxylic acid groups (broad SMARTS) is 1. The van der Waals surface area contributed by atoms with Crippen LogP contribution in [0.25, 0.3) is 0 Å². The van der Waals surface area contributed by atoms with Crippen molar-refractivity contribution in [3.05, 3.63) is 53.6 Å². The lowest BCUT2D eigenvalue weighted by molar-refractivity contribution is -0.136. The number of alkyl halides is 2. The Morgan fingerprint density at radius 2 is 2.00 bits per heavy atom. The minimum absolute atomic E-state index is 0.0129. The van der Waals surface area contributed by atoms with Crippen LogP contribution in [0.2, 0.25) is 0 Å². The van der Waals surface area contributed by atoms with Crippen LogP contribution in [0.1, 0.15) is 24.5 Å². The second kappa shape index (κ2) is 9.60. The van der Waals surface area contributed by atoms with Gasteiger partial charge in [0.05, 0.1) is 6.61 Å². The topological polar surface area (TPSA) is 67.8 Å². The highest BCUT2D eigenvalue weighted by atomic mass is 19.3. The molecule has 0 bridgehead atoms. The molecule has 26 heavy (non-hydrogen) atoms. The van der Waals surface area contributed by atoms with E-state index in [1.807, 2.05) is 24.3 Å². The lowest BCUT2D eigenvalue weighted by Crippen LogP contribution is -2.09. The molecule has 0 unspecified atom stereocenters. The molecular weight excluding hydrogens is 344 g/mol. The average molecular weight is 365 g/mol. The minimum atomic E-state index is -2.95. The van der Waals surface area contributed by atoms with Crippen LogP contribution in [0.4, 0.5) is 14.5 Å². The molecule has 0 aliphatic heterocycles. The van der Waals surface area contributed by atoms with Gasteiger partial charge in [-0.3, -0.25) is 4.79 Å². The van der Waals surface area contributed by atoms with Gasteiger partial charge in [0, 0.05) is 24.2 Å². The molecule has 0 radical (unpaired) electrons. The van der Waals surface area contributed by atoms with E-state index in [-0.39, 0.29) is 24.5 Å². The lowest BCUT2D eigenvalue weighted by atomic mass is 10.1. The van der Waals surface area contributed by atoms with Crippen LogP contribution in [0, 0.1) is 0 Å². The zero-order valence-electron chi connectivity index (χ0n) is 14.4. The van der Waals surface area contributed by atoms with Gasteiger partial charge < -0.3 is 19.9 Å². The van der Waals surface area contributed by atoms with Crippen molar-refractivity contribution >= 4 is 11.7 Å². The van der Waals surface area contributed by atoms with E-state index in [0.717, 1.165) is 11.3 Å². The molecule has 0 saturated carbocycles. The summed E-state index contributed by atoms with van der Waals surface area (Å²) in [7, 11) is 0. The molecule has 140 valence electrons. The average Bonchev–Trinajstić information content (AvgIpc) is 2.60. The van der Waals surface area contributed by atoms with Crippen molar-refractivity contribution in [3.63, 3.8) is 0 Å². The van der Waals surface area contributed by atoms with Gasteiger partial charge in [-0.05, 0) is 37.1 Å². The first-order chi connectivity index (χ1) is 12.5. The van der Waals surface area contributed by atoms with Gasteiger partial charge in [-0.1, -0.05) is 24.3 Å². The van der Waals surface area contributed by atoms with Crippen molar-refractivity contribution < 1.29 is 28.2 Å². The Morgan fingerprint density at radius 1 is 1.23 bits per heavy atom. The van der Waals surface area contributed by atoms with Crippen LogP contribution in [0.3, 0.4) is 0 Å². The molecule has 0 heterocycles. The van der Waals surface area contributed by atoms with Crippen molar-refractivity contribution in [1.29, 1.82) is 0 Å². The molecule has 2 aromatic carbocycles. The molecule has 2 rings (SSSR count). The highest BCUT2D eigenvalue weighted by molar-refractivity contribution is 5.67. The number of anilines is 1. The molecule has 0 aromatic heterocycles. The molecule has 0 spiro atoms. The van der Waals surface area contributed by atoms with Crippen molar-refractivity contribution in [3.8, 4) is 11.5 Å². The van der Waals surface area contributed by atoms with Crippen LogP contribution in [0.15, 0.2) is 42.5 Å². The van der Waals surface area contributed by atoms with Crippen LogP contribution < -0.4 is 14.8 Å². The van der Waals surface area contributed by atoms with E-state index in [1.54, 1.807) is 25.1 Å². The first kappa shape index (κ1) is 19.5. The Bertz CT molecular complexity index is 737. The molecule has 0 aliphatic carbocycles. The van der Waals surface area contributed by atoms with Gasteiger partial charge in [-0.2, -0.15) is 8.78 Å².